The second-order valence-electron chi connectivity index (χ2n) is 18.1. The van der Waals surface area contributed by atoms with Crippen molar-refractivity contribution in [2.75, 3.05) is 20.1 Å². The topological polar surface area (TPSA) is 254 Å². The van der Waals surface area contributed by atoms with Crippen LogP contribution in [-0.4, -0.2) is 58.9 Å². The van der Waals surface area contributed by atoms with Crippen molar-refractivity contribution >= 4 is 76.8 Å². The molecule has 18 nitrogen and oxygen atoms in total. The number of nitrogens with zero attached hydrogens (tertiary/aromatic N) is 6. The molecule has 76 heavy (non-hydrogen) atoms. The third-order valence-electron chi connectivity index (χ3n) is 12.5. The van der Waals surface area contributed by atoms with Crippen LogP contribution in [0.4, 0.5) is 23.1 Å². The second-order valence-corrected chi connectivity index (χ2v) is 21.5. The molecule has 0 aliphatic rings. The first-order chi connectivity index (χ1) is 36.2. The third kappa shape index (κ3) is 11.0. The number of benzene rings is 4. The van der Waals surface area contributed by atoms with E-state index in [1.807, 2.05) is 88.4 Å². The van der Waals surface area contributed by atoms with Crippen LogP contribution in [0.5, 0.6) is 0 Å². The van der Waals surface area contributed by atoms with E-state index in [0.717, 1.165) is 44.1 Å². The van der Waals surface area contributed by atoms with Crippen molar-refractivity contribution in [3.05, 3.63) is 190 Å². The van der Waals surface area contributed by atoms with Gasteiger partial charge in [-0.05, 0) is 164 Å². The Kier molecular flexibility index (Phi) is 14.3. The number of carbonyl (C=O) groups is 2. The Morgan fingerprint density at radius 1 is 0.461 bits per heavy atom. The predicted octanol–water partition coefficient (Wildman–Crippen LogP) is 11.1. The molecule has 4 N–H and O–H groups in total. The van der Waals surface area contributed by atoms with Gasteiger partial charge in [-0.3, -0.25) is 19.6 Å². The largest absolute Gasteiger partial charge is 0.337 e. The molecule has 10 rings (SSSR count). The maximum absolute atomic E-state index is 13.5. The summed E-state index contributed by atoms with van der Waals surface area (Å²) in [6, 6.07) is 34.2. The maximum atomic E-state index is 13.5. The van der Waals surface area contributed by atoms with Gasteiger partial charge >= 0.3 is 0 Å². The number of carbonyl (C=O) groups excluding carboxylic acids is 2. The molecule has 0 saturated heterocycles. The summed E-state index contributed by atoms with van der Waals surface area (Å²) >= 11 is 0. The van der Waals surface area contributed by atoms with Gasteiger partial charge in [0.15, 0.2) is 0 Å². The van der Waals surface area contributed by atoms with Crippen LogP contribution in [0.15, 0.2) is 153 Å². The van der Waals surface area contributed by atoms with Crippen LogP contribution in [0.1, 0.15) is 65.5 Å². The van der Waals surface area contributed by atoms with Gasteiger partial charge in [-0.2, -0.15) is 0 Å². The highest BCUT2D eigenvalue weighted by atomic mass is 32.2. The molecule has 0 atom stereocenters. The number of anilines is 4. The molecule has 384 valence electrons. The van der Waals surface area contributed by atoms with Crippen molar-refractivity contribution in [3.63, 3.8) is 0 Å². The summed E-state index contributed by atoms with van der Waals surface area (Å²) in [4.78, 5) is 45.4. The SMILES string of the molecule is Cc1cc(C)c2nc(-c3ccccn3)cc(C(=O)Nc3ccc(S(=O)(=O)Nc4onc(C)c4C)cc3)c2c1.Cc1cc(C)c2nc(-c3ccccn3)cc(C(=O)Nc3ccc(S(=O)(=O)Nc4onc(C)c4C)cc3)c2c1. The molecule has 10 aromatic rings. The highest BCUT2D eigenvalue weighted by molar-refractivity contribution is 7.93. The normalized spacial score (nSPS) is 11.5. The lowest BCUT2D eigenvalue weighted by atomic mass is 10.0. The highest BCUT2D eigenvalue weighted by Crippen LogP contribution is 2.31. The van der Waals surface area contributed by atoms with E-state index in [9.17, 15) is 26.4 Å². The fourth-order valence-corrected chi connectivity index (χ4v) is 10.3. The van der Waals surface area contributed by atoms with Crippen LogP contribution < -0.4 is 20.1 Å². The van der Waals surface area contributed by atoms with Crippen molar-refractivity contribution in [2.45, 2.75) is 65.2 Å². The minimum atomic E-state index is -3.91. The van der Waals surface area contributed by atoms with Gasteiger partial charge in [0.1, 0.15) is 0 Å². The Balaban J connectivity index is 0.000000186. The van der Waals surface area contributed by atoms with Crippen molar-refractivity contribution in [2.24, 2.45) is 0 Å². The summed E-state index contributed by atoms with van der Waals surface area (Å²) < 4.78 is 66.1. The smallest absolute Gasteiger partial charge is 0.264 e. The molecule has 0 saturated carbocycles. The number of nitrogens with one attached hydrogen (secondary N) is 4. The molecule has 0 fully saturated rings. The standard InChI is InChI=1S/2C28H25N5O4S/c2*1-16-13-17(2)26-22(14-16)23(15-25(31-26)24-7-5-6-12-29-24)27(34)30-20-8-10-21(11-9-20)38(35,36)33-28-18(3)19(4)32-37-28/h2*5-15,33H,1-4H3,(H,30,34). The Morgan fingerprint density at radius 2 is 0.842 bits per heavy atom. The zero-order chi connectivity index (χ0) is 54.1. The van der Waals surface area contributed by atoms with Gasteiger partial charge in [-0.15, -0.1) is 0 Å². The third-order valence-corrected chi connectivity index (χ3v) is 15.1. The van der Waals surface area contributed by atoms with E-state index in [1.54, 1.807) is 52.2 Å². The average Bonchev–Trinajstić information content (AvgIpc) is 3.88. The molecule has 0 aliphatic heterocycles. The first kappa shape index (κ1) is 51.7. The minimum absolute atomic E-state index is 0.0157. The number of hydrogen-bond donors (Lipinski definition) is 4. The van der Waals surface area contributed by atoms with Crippen LogP contribution >= 0.6 is 0 Å². The number of rotatable bonds is 12. The molecule has 6 aromatic heterocycles. The Bertz CT molecular complexity index is 3830. The molecule has 0 radical (unpaired) electrons. The summed E-state index contributed by atoms with van der Waals surface area (Å²) in [5.74, 6) is -0.556. The van der Waals surface area contributed by atoms with Gasteiger partial charge in [-0.1, -0.05) is 45.7 Å². The number of aryl methyl sites for hydroxylation is 6. The van der Waals surface area contributed by atoms with Crippen LogP contribution in [0, 0.1) is 55.4 Å². The van der Waals surface area contributed by atoms with Crippen LogP contribution in [0.25, 0.3) is 44.6 Å². The highest BCUT2D eigenvalue weighted by Gasteiger charge is 2.23. The molecule has 0 spiro atoms. The summed E-state index contributed by atoms with van der Waals surface area (Å²) in [6.07, 6.45) is 3.36. The van der Waals surface area contributed by atoms with Gasteiger partial charge < -0.3 is 19.7 Å². The van der Waals surface area contributed by atoms with E-state index >= 15 is 0 Å². The monoisotopic (exact) mass is 1050 g/mol. The fourth-order valence-electron chi connectivity index (χ4n) is 8.24. The van der Waals surface area contributed by atoms with Crippen molar-refractivity contribution in [1.29, 1.82) is 0 Å². The molecule has 20 heteroatoms. The first-order valence-corrected chi connectivity index (χ1v) is 26.6. The molecule has 0 unspecified atom stereocenters. The molecule has 0 aliphatic carbocycles. The number of pyridine rings is 4. The van der Waals surface area contributed by atoms with Crippen molar-refractivity contribution in [1.82, 2.24) is 30.2 Å². The minimum Gasteiger partial charge on any atom is -0.337 e. The maximum Gasteiger partial charge on any atom is 0.264 e. The first-order valence-electron chi connectivity index (χ1n) is 23.7. The van der Waals surface area contributed by atoms with Crippen molar-refractivity contribution in [3.8, 4) is 22.8 Å². The number of amides is 2. The Labute approximate surface area is 438 Å². The summed E-state index contributed by atoms with van der Waals surface area (Å²) in [6.45, 7) is 14.7. The van der Waals surface area contributed by atoms with Crippen molar-refractivity contribution < 1.29 is 35.5 Å². The predicted molar refractivity (Wildman–Crippen MR) is 291 cm³/mol. The lowest BCUT2D eigenvalue weighted by molar-refractivity contribution is 0.102. The molecule has 2 amide bonds. The Hall–Kier alpha value is -9.14. The van der Waals surface area contributed by atoms with Gasteiger partial charge in [0, 0.05) is 45.7 Å². The molecule has 0 bridgehead atoms. The average molecular weight is 1060 g/mol. The van der Waals surface area contributed by atoms with E-state index in [0.29, 0.717) is 67.8 Å². The van der Waals surface area contributed by atoms with Gasteiger partial charge in [-0.25, -0.2) is 36.2 Å². The Morgan fingerprint density at radius 3 is 1.17 bits per heavy atom. The molecule has 6 heterocycles. The van der Waals surface area contributed by atoms with Gasteiger partial charge in [0.2, 0.25) is 11.8 Å². The van der Waals surface area contributed by atoms with Gasteiger partial charge in [0.25, 0.3) is 31.9 Å². The zero-order valence-electron chi connectivity index (χ0n) is 42.5. The summed E-state index contributed by atoms with van der Waals surface area (Å²) in [5.41, 5.74) is 12.0. The fraction of sp³-hybridized carbons (Fsp3) is 0.143. The zero-order valence-corrected chi connectivity index (χ0v) is 44.1. The van der Waals surface area contributed by atoms with E-state index in [1.165, 1.54) is 48.5 Å². The van der Waals surface area contributed by atoms with Crippen LogP contribution in [-0.2, 0) is 20.0 Å². The van der Waals surface area contributed by atoms with Crippen LogP contribution in [0.3, 0.4) is 0 Å². The summed E-state index contributed by atoms with van der Waals surface area (Å²) in [7, 11) is -7.81. The van der Waals surface area contributed by atoms with E-state index in [2.05, 4.69) is 40.4 Å². The number of sulfonamides is 2. The number of aromatic nitrogens is 6. The van der Waals surface area contributed by atoms with E-state index in [-0.39, 0.29) is 33.4 Å². The number of hydrogen-bond acceptors (Lipinski definition) is 14. The summed E-state index contributed by atoms with van der Waals surface area (Å²) in [5, 5.41) is 14.7. The number of fused-ring (bicyclic) bond motifs is 2. The van der Waals surface area contributed by atoms with Gasteiger partial charge in [0.05, 0.1) is 66.1 Å². The molecular weight excluding hydrogens is 1000 g/mol. The lowest BCUT2D eigenvalue weighted by Gasteiger charge is -2.13. The quantitative estimate of drug-likeness (QED) is 0.0888. The molecule has 4 aromatic carbocycles. The second kappa shape index (κ2) is 21.0. The lowest BCUT2D eigenvalue weighted by Crippen LogP contribution is -2.15. The van der Waals surface area contributed by atoms with E-state index < -0.39 is 20.0 Å². The molecular formula is C56H50N10O8S2. The van der Waals surface area contributed by atoms with Crippen LogP contribution in [0.2, 0.25) is 0 Å². The van der Waals surface area contributed by atoms with E-state index in [4.69, 9.17) is 19.0 Å².